The fourth-order valence-corrected chi connectivity index (χ4v) is 2.20. The highest BCUT2D eigenvalue weighted by atomic mass is 35.5. The van der Waals surface area contributed by atoms with Gasteiger partial charge in [-0.3, -0.25) is 0 Å². The van der Waals surface area contributed by atoms with E-state index in [-0.39, 0.29) is 11.2 Å². The maximum absolute atomic E-state index is 6.04. The molecule has 0 aliphatic carbocycles. The molecule has 0 spiro atoms. The summed E-state index contributed by atoms with van der Waals surface area (Å²) in [7, 11) is -0.415. The van der Waals surface area contributed by atoms with Gasteiger partial charge in [0.05, 0.1) is 11.2 Å². The van der Waals surface area contributed by atoms with E-state index in [9.17, 15) is 0 Å². The Bertz CT molecular complexity index is 464. The zero-order valence-corrected chi connectivity index (χ0v) is 12.6. The first-order valence-corrected chi connectivity index (χ1v) is 6.85. The summed E-state index contributed by atoms with van der Waals surface area (Å²) < 4.78 is 12.0. The molecule has 0 atom stereocenters. The van der Waals surface area contributed by atoms with Crippen molar-refractivity contribution in [3.63, 3.8) is 0 Å². The molecule has 0 radical (unpaired) electrons. The van der Waals surface area contributed by atoms with Gasteiger partial charge in [-0.1, -0.05) is 11.6 Å². The average molecular weight is 283 g/mol. The summed E-state index contributed by atoms with van der Waals surface area (Å²) in [6.07, 6.45) is 0.688. The lowest BCUT2D eigenvalue weighted by molar-refractivity contribution is 0.00578. The average Bonchev–Trinajstić information content (AvgIpc) is 2.48. The first kappa shape index (κ1) is 14.8. The standard InChI is InChI=1S/C13H20BClN2O2/c1-12(2)13(3,4)19-14(18-12)9-7-10(5-6-16)17-11(15)8-9/h7-8H,5-6,16H2,1-4H3. The summed E-state index contributed by atoms with van der Waals surface area (Å²) in [5, 5.41) is 0.440. The number of aromatic nitrogens is 1. The van der Waals surface area contributed by atoms with Crippen LogP contribution in [0.3, 0.4) is 0 Å². The Hall–Kier alpha value is -0.615. The van der Waals surface area contributed by atoms with Gasteiger partial charge >= 0.3 is 7.12 Å². The Morgan fingerprint density at radius 2 is 1.79 bits per heavy atom. The predicted octanol–water partition coefficient (Wildman–Crippen LogP) is 1.54. The van der Waals surface area contributed by atoms with E-state index in [0.29, 0.717) is 18.1 Å². The van der Waals surface area contributed by atoms with Gasteiger partial charge < -0.3 is 15.0 Å². The van der Waals surface area contributed by atoms with Gasteiger partial charge in [0, 0.05) is 12.1 Å². The molecule has 0 saturated carbocycles. The van der Waals surface area contributed by atoms with Crippen LogP contribution in [0.5, 0.6) is 0 Å². The van der Waals surface area contributed by atoms with Crippen molar-refractivity contribution < 1.29 is 9.31 Å². The molecule has 0 bridgehead atoms. The Balaban J connectivity index is 2.29. The summed E-state index contributed by atoms with van der Waals surface area (Å²) in [5.41, 5.74) is 6.59. The van der Waals surface area contributed by atoms with E-state index in [1.165, 1.54) is 0 Å². The van der Waals surface area contributed by atoms with Crippen LogP contribution in [-0.4, -0.2) is 29.8 Å². The number of hydrogen-bond acceptors (Lipinski definition) is 4. The van der Waals surface area contributed by atoms with Gasteiger partial charge in [-0.25, -0.2) is 4.98 Å². The van der Waals surface area contributed by atoms with Crippen LogP contribution in [0.4, 0.5) is 0 Å². The van der Waals surface area contributed by atoms with Crippen molar-refractivity contribution in [2.24, 2.45) is 5.73 Å². The Morgan fingerprint density at radius 3 is 2.32 bits per heavy atom. The van der Waals surface area contributed by atoms with Crippen LogP contribution in [0.15, 0.2) is 12.1 Å². The van der Waals surface area contributed by atoms with Crippen LogP contribution in [-0.2, 0) is 15.7 Å². The fourth-order valence-electron chi connectivity index (χ4n) is 1.96. The summed E-state index contributed by atoms with van der Waals surface area (Å²) in [5.74, 6) is 0. The minimum Gasteiger partial charge on any atom is -0.399 e. The molecular weight excluding hydrogens is 262 g/mol. The second-order valence-electron chi connectivity index (χ2n) is 5.84. The van der Waals surface area contributed by atoms with E-state index in [1.807, 2.05) is 33.8 Å². The van der Waals surface area contributed by atoms with Gasteiger partial charge in [0.15, 0.2) is 0 Å². The molecule has 0 aromatic carbocycles. The van der Waals surface area contributed by atoms with Crippen molar-refractivity contribution in [1.29, 1.82) is 0 Å². The summed E-state index contributed by atoms with van der Waals surface area (Å²) in [6.45, 7) is 8.64. The molecule has 1 aromatic rings. The van der Waals surface area contributed by atoms with Crippen molar-refractivity contribution in [2.75, 3.05) is 6.54 Å². The summed E-state index contributed by atoms with van der Waals surface area (Å²) in [4.78, 5) is 4.24. The van der Waals surface area contributed by atoms with Gasteiger partial charge in [-0.15, -0.1) is 0 Å². The third kappa shape index (κ3) is 2.94. The molecule has 6 heteroatoms. The molecule has 1 saturated heterocycles. The SMILES string of the molecule is CC1(C)OB(c2cc(Cl)nc(CCN)c2)OC1(C)C. The maximum atomic E-state index is 6.04. The molecule has 1 aliphatic rings. The monoisotopic (exact) mass is 282 g/mol. The van der Waals surface area contributed by atoms with Crippen LogP contribution in [0.2, 0.25) is 5.15 Å². The molecular formula is C13H20BClN2O2. The van der Waals surface area contributed by atoms with Crippen LogP contribution >= 0.6 is 11.6 Å². The van der Waals surface area contributed by atoms with E-state index in [0.717, 1.165) is 11.2 Å². The second kappa shape index (κ2) is 5.06. The van der Waals surface area contributed by atoms with Crippen molar-refractivity contribution in [3.05, 3.63) is 23.0 Å². The van der Waals surface area contributed by atoms with Crippen molar-refractivity contribution >= 4 is 24.2 Å². The zero-order valence-electron chi connectivity index (χ0n) is 11.9. The number of nitrogens with zero attached hydrogens (tertiary/aromatic N) is 1. The Labute approximate surface area is 119 Å². The quantitative estimate of drug-likeness (QED) is 0.675. The topological polar surface area (TPSA) is 57.4 Å². The fraction of sp³-hybridized carbons (Fsp3) is 0.615. The smallest absolute Gasteiger partial charge is 0.399 e. The van der Waals surface area contributed by atoms with Gasteiger partial charge in [-0.2, -0.15) is 0 Å². The number of rotatable bonds is 3. The van der Waals surface area contributed by atoms with Crippen LogP contribution < -0.4 is 11.2 Å². The van der Waals surface area contributed by atoms with Gasteiger partial charge in [0.1, 0.15) is 5.15 Å². The number of hydrogen-bond donors (Lipinski definition) is 1. The van der Waals surface area contributed by atoms with E-state index in [4.69, 9.17) is 26.6 Å². The number of pyridine rings is 1. The molecule has 1 fully saturated rings. The van der Waals surface area contributed by atoms with E-state index in [1.54, 1.807) is 6.07 Å². The summed E-state index contributed by atoms with van der Waals surface area (Å²) in [6, 6.07) is 3.73. The van der Waals surface area contributed by atoms with E-state index >= 15 is 0 Å². The molecule has 2 heterocycles. The minimum atomic E-state index is -0.415. The Morgan fingerprint density at radius 1 is 1.21 bits per heavy atom. The second-order valence-corrected chi connectivity index (χ2v) is 6.23. The maximum Gasteiger partial charge on any atom is 0.495 e. The normalized spacial score (nSPS) is 20.8. The van der Waals surface area contributed by atoms with E-state index in [2.05, 4.69) is 4.98 Å². The lowest BCUT2D eigenvalue weighted by Gasteiger charge is -2.32. The third-order valence-electron chi connectivity index (χ3n) is 3.80. The molecule has 2 rings (SSSR count). The molecule has 0 amide bonds. The highest BCUT2D eigenvalue weighted by Gasteiger charge is 2.51. The molecule has 104 valence electrons. The van der Waals surface area contributed by atoms with Crippen LogP contribution in [0.1, 0.15) is 33.4 Å². The number of halogens is 1. The zero-order chi connectivity index (χ0) is 14.3. The molecule has 2 N–H and O–H groups in total. The first-order valence-electron chi connectivity index (χ1n) is 6.47. The lowest BCUT2D eigenvalue weighted by atomic mass is 9.79. The predicted molar refractivity (Wildman–Crippen MR) is 77.7 cm³/mol. The summed E-state index contributed by atoms with van der Waals surface area (Å²) >= 11 is 6.04. The largest absolute Gasteiger partial charge is 0.495 e. The lowest BCUT2D eigenvalue weighted by Crippen LogP contribution is -2.41. The van der Waals surface area contributed by atoms with Gasteiger partial charge in [-0.05, 0) is 51.8 Å². The molecule has 19 heavy (non-hydrogen) atoms. The molecule has 0 unspecified atom stereocenters. The van der Waals surface area contributed by atoms with E-state index < -0.39 is 7.12 Å². The molecule has 4 nitrogen and oxygen atoms in total. The van der Waals surface area contributed by atoms with Crippen molar-refractivity contribution in [1.82, 2.24) is 4.98 Å². The number of nitrogens with two attached hydrogens (primary N) is 1. The van der Waals surface area contributed by atoms with Crippen LogP contribution in [0.25, 0.3) is 0 Å². The Kier molecular flexibility index (Phi) is 3.93. The third-order valence-corrected chi connectivity index (χ3v) is 3.99. The van der Waals surface area contributed by atoms with Crippen molar-refractivity contribution in [2.45, 2.75) is 45.3 Å². The minimum absolute atomic E-state index is 0.360. The van der Waals surface area contributed by atoms with Gasteiger partial charge in [0.25, 0.3) is 0 Å². The highest BCUT2D eigenvalue weighted by molar-refractivity contribution is 6.62. The van der Waals surface area contributed by atoms with Crippen LogP contribution in [0, 0.1) is 0 Å². The highest BCUT2D eigenvalue weighted by Crippen LogP contribution is 2.36. The molecule has 1 aliphatic heterocycles. The van der Waals surface area contributed by atoms with Gasteiger partial charge in [0.2, 0.25) is 0 Å². The molecule has 1 aromatic heterocycles. The van der Waals surface area contributed by atoms with Crippen molar-refractivity contribution in [3.8, 4) is 0 Å². The first-order chi connectivity index (χ1) is 8.75.